The quantitative estimate of drug-likeness (QED) is 0.581. The van der Waals surface area contributed by atoms with E-state index in [1.807, 2.05) is 0 Å². The first kappa shape index (κ1) is 10.9. The second-order valence-corrected chi connectivity index (χ2v) is 3.43. The molecule has 2 aromatic rings. The summed E-state index contributed by atoms with van der Waals surface area (Å²) in [5.41, 5.74) is 6.77. The zero-order chi connectivity index (χ0) is 12.3. The van der Waals surface area contributed by atoms with Gasteiger partial charge in [-0.1, -0.05) is 11.8 Å². The standard InChI is InChI=1S/C12H9N3O2/c13-11(17)3-1-2-8-4-10-9(7-16)6-15-12(10)14-5-8/h4-7H,3H2,(H2,13,17)(H,14,15). The van der Waals surface area contributed by atoms with Crippen LogP contribution in [0, 0.1) is 11.8 Å². The number of nitrogens with two attached hydrogens (primary N) is 1. The smallest absolute Gasteiger partial charge is 0.229 e. The summed E-state index contributed by atoms with van der Waals surface area (Å²) < 4.78 is 0. The molecule has 0 saturated carbocycles. The molecule has 1 amide bonds. The third kappa shape index (κ3) is 2.32. The van der Waals surface area contributed by atoms with Gasteiger partial charge < -0.3 is 10.7 Å². The molecule has 17 heavy (non-hydrogen) atoms. The van der Waals surface area contributed by atoms with Crippen molar-refractivity contribution in [3.63, 3.8) is 0 Å². The Morgan fingerprint density at radius 1 is 1.59 bits per heavy atom. The van der Waals surface area contributed by atoms with Crippen molar-refractivity contribution in [3.05, 3.63) is 29.6 Å². The van der Waals surface area contributed by atoms with Gasteiger partial charge in [-0.05, 0) is 6.07 Å². The topological polar surface area (TPSA) is 88.8 Å². The number of nitrogens with zero attached hydrogens (tertiary/aromatic N) is 1. The van der Waals surface area contributed by atoms with Gasteiger partial charge in [-0.25, -0.2) is 4.98 Å². The first-order chi connectivity index (χ1) is 8.20. The van der Waals surface area contributed by atoms with Crippen molar-refractivity contribution < 1.29 is 9.59 Å². The molecule has 0 radical (unpaired) electrons. The maximum absolute atomic E-state index is 10.8. The van der Waals surface area contributed by atoms with Crippen LogP contribution in [0.5, 0.6) is 0 Å². The lowest BCUT2D eigenvalue weighted by Gasteiger charge is -1.92. The molecule has 0 fully saturated rings. The molecule has 0 saturated heterocycles. The van der Waals surface area contributed by atoms with Crippen molar-refractivity contribution in [1.82, 2.24) is 9.97 Å². The van der Waals surface area contributed by atoms with E-state index < -0.39 is 5.91 Å². The maximum Gasteiger partial charge on any atom is 0.229 e. The van der Waals surface area contributed by atoms with E-state index in [1.165, 1.54) is 0 Å². The minimum atomic E-state index is -0.471. The third-order valence-electron chi connectivity index (χ3n) is 2.19. The fourth-order valence-corrected chi connectivity index (χ4v) is 1.42. The van der Waals surface area contributed by atoms with E-state index in [-0.39, 0.29) is 6.42 Å². The Kier molecular flexibility index (Phi) is 2.88. The summed E-state index contributed by atoms with van der Waals surface area (Å²) in [6, 6.07) is 1.75. The molecule has 0 atom stereocenters. The molecule has 0 aromatic carbocycles. The SMILES string of the molecule is NC(=O)CC#Cc1cnc2[nH]cc(C=O)c2c1. The van der Waals surface area contributed by atoms with Crippen molar-refractivity contribution >= 4 is 23.2 Å². The van der Waals surface area contributed by atoms with Crippen LogP contribution in [0.15, 0.2) is 18.5 Å². The van der Waals surface area contributed by atoms with E-state index in [2.05, 4.69) is 21.8 Å². The summed E-state index contributed by atoms with van der Waals surface area (Å²) in [7, 11) is 0. The number of pyridine rings is 1. The van der Waals surface area contributed by atoms with Gasteiger partial charge in [0, 0.05) is 28.9 Å². The summed E-state index contributed by atoms with van der Waals surface area (Å²) in [5, 5.41) is 0.714. The summed E-state index contributed by atoms with van der Waals surface area (Å²) in [5.74, 6) is 4.93. The van der Waals surface area contributed by atoms with Crippen LogP contribution in [-0.2, 0) is 4.79 Å². The minimum absolute atomic E-state index is 0.00567. The molecule has 84 valence electrons. The highest BCUT2D eigenvalue weighted by Gasteiger charge is 2.03. The maximum atomic E-state index is 10.8. The van der Waals surface area contributed by atoms with Gasteiger partial charge in [0.2, 0.25) is 5.91 Å². The molecule has 3 N–H and O–H groups in total. The van der Waals surface area contributed by atoms with Crippen molar-refractivity contribution in [3.8, 4) is 11.8 Å². The lowest BCUT2D eigenvalue weighted by atomic mass is 10.2. The Morgan fingerprint density at radius 2 is 2.41 bits per heavy atom. The molecule has 5 nitrogen and oxygen atoms in total. The van der Waals surface area contributed by atoms with E-state index in [0.717, 1.165) is 6.29 Å². The number of primary amides is 1. The molecule has 2 aromatic heterocycles. The predicted molar refractivity (Wildman–Crippen MR) is 62.2 cm³/mol. The van der Waals surface area contributed by atoms with Crippen LogP contribution in [0.4, 0.5) is 0 Å². The molecule has 0 aliphatic rings. The van der Waals surface area contributed by atoms with Crippen molar-refractivity contribution in [2.24, 2.45) is 5.73 Å². The molecule has 0 unspecified atom stereocenters. The number of aromatic amines is 1. The molecule has 2 rings (SSSR count). The van der Waals surface area contributed by atoms with Crippen LogP contribution < -0.4 is 5.73 Å². The van der Waals surface area contributed by atoms with E-state index in [4.69, 9.17) is 5.73 Å². The number of carbonyl (C=O) groups excluding carboxylic acids is 2. The van der Waals surface area contributed by atoms with Crippen LogP contribution >= 0.6 is 0 Å². The van der Waals surface area contributed by atoms with Crippen molar-refractivity contribution in [2.45, 2.75) is 6.42 Å². The van der Waals surface area contributed by atoms with E-state index >= 15 is 0 Å². The normalized spacial score (nSPS) is 9.65. The van der Waals surface area contributed by atoms with Gasteiger partial charge in [-0.2, -0.15) is 0 Å². The van der Waals surface area contributed by atoms with E-state index in [1.54, 1.807) is 18.5 Å². The van der Waals surface area contributed by atoms with Gasteiger partial charge >= 0.3 is 0 Å². The Labute approximate surface area is 97.0 Å². The van der Waals surface area contributed by atoms with Gasteiger partial charge in [0.15, 0.2) is 6.29 Å². The van der Waals surface area contributed by atoms with Gasteiger partial charge in [-0.3, -0.25) is 9.59 Å². The number of nitrogens with one attached hydrogen (secondary N) is 1. The van der Waals surface area contributed by atoms with Crippen LogP contribution in [0.25, 0.3) is 11.0 Å². The number of amides is 1. The number of carbonyl (C=O) groups is 2. The minimum Gasteiger partial charge on any atom is -0.369 e. The highest BCUT2D eigenvalue weighted by Crippen LogP contribution is 2.15. The number of H-pyrrole nitrogens is 1. The second-order valence-electron chi connectivity index (χ2n) is 3.43. The number of aldehydes is 1. The Morgan fingerprint density at radius 3 is 3.12 bits per heavy atom. The number of hydrogen-bond donors (Lipinski definition) is 2. The van der Waals surface area contributed by atoms with E-state index in [9.17, 15) is 9.59 Å². The fourth-order valence-electron chi connectivity index (χ4n) is 1.42. The fraction of sp³-hybridized carbons (Fsp3) is 0.0833. The highest BCUT2D eigenvalue weighted by atomic mass is 16.1. The number of hydrogen-bond acceptors (Lipinski definition) is 3. The summed E-state index contributed by atoms with van der Waals surface area (Å²) in [6.45, 7) is 0. The largest absolute Gasteiger partial charge is 0.369 e. The van der Waals surface area contributed by atoms with Crippen LogP contribution in [0.1, 0.15) is 22.3 Å². The predicted octanol–water partition coefficient (Wildman–Crippen LogP) is 0.602. The molecular formula is C12H9N3O2. The number of fused-ring (bicyclic) bond motifs is 1. The molecule has 0 bridgehead atoms. The molecule has 0 spiro atoms. The summed E-state index contributed by atoms with van der Waals surface area (Å²) in [4.78, 5) is 28.3. The molecular weight excluding hydrogens is 218 g/mol. The van der Waals surface area contributed by atoms with Crippen molar-refractivity contribution in [2.75, 3.05) is 0 Å². The van der Waals surface area contributed by atoms with Crippen LogP contribution in [0.3, 0.4) is 0 Å². The third-order valence-corrected chi connectivity index (χ3v) is 2.19. The number of rotatable bonds is 2. The monoisotopic (exact) mass is 227 g/mol. The van der Waals surface area contributed by atoms with Gasteiger partial charge in [-0.15, -0.1) is 0 Å². The molecule has 0 aliphatic heterocycles. The Hall–Kier alpha value is -2.61. The van der Waals surface area contributed by atoms with Crippen LogP contribution in [0.2, 0.25) is 0 Å². The first-order valence-electron chi connectivity index (χ1n) is 4.90. The molecule has 0 aliphatic carbocycles. The highest BCUT2D eigenvalue weighted by molar-refractivity contribution is 5.96. The summed E-state index contributed by atoms with van der Waals surface area (Å²) >= 11 is 0. The molecule has 2 heterocycles. The van der Waals surface area contributed by atoms with Crippen molar-refractivity contribution in [1.29, 1.82) is 0 Å². The van der Waals surface area contributed by atoms with Gasteiger partial charge in [0.1, 0.15) is 5.65 Å². The average Bonchev–Trinajstić information content (AvgIpc) is 2.70. The summed E-state index contributed by atoms with van der Waals surface area (Å²) in [6.07, 6.45) is 3.92. The average molecular weight is 227 g/mol. The zero-order valence-corrected chi connectivity index (χ0v) is 8.86. The first-order valence-corrected chi connectivity index (χ1v) is 4.90. The lowest BCUT2D eigenvalue weighted by molar-refractivity contribution is -0.117. The lowest BCUT2D eigenvalue weighted by Crippen LogP contribution is -2.08. The zero-order valence-electron chi connectivity index (χ0n) is 8.86. The van der Waals surface area contributed by atoms with Crippen LogP contribution in [-0.4, -0.2) is 22.2 Å². The van der Waals surface area contributed by atoms with Gasteiger partial charge in [0.05, 0.1) is 6.42 Å². The Balaban J connectivity index is 2.38. The van der Waals surface area contributed by atoms with E-state index in [0.29, 0.717) is 22.2 Å². The second kappa shape index (κ2) is 4.49. The Bertz CT molecular complexity index is 647. The molecule has 5 heteroatoms. The number of aromatic nitrogens is 2. The van der Waals surface area contributed by atoms with Gasteiger partial charge in [0.25, 0.3) is 0 Å².